The Morgan fingerprint density at radius 2 is 1.86 bits per heavy atom. The van der Waals surface area contributed by atoms with Crippen LogP contribution in [-0.4, -0.2) is 38.4 Å². The molecule has 0 unspecified atom stereocenters. The lowest BCUT2D eigenvalue weighted by Gasteiger charge is -2.05. The molecule has 1 amide bonds. The van der Waals surface area contributed by atoms with Crippen LogP contribution in [0.1, 0.15) is 25.3 Å². The Balaban J connectivity index is 1.45. The van der Waals surface area contributed by atoms with Gasteiger partial charge in [-0.1, -0.05) is 49.7 Å². The van der Waals surface area contributed by atoms with E-state index in [-0.39, 0.29) is 12.5 Å². The van der Waals surface area contributed by atoms with Crippen LogP contribution < -0.4 is 5.32 Å². The van der Waals surface area contributed by atoms with Crippen LogP contribution in [0.3, 0.4) is 0 Å². The molecular formula is C20H22ClN5OS. The summed E-state index contributed by atoms with van der Waals surface area (Å²) >= 11 is 7.52. The van der Waals surface area contributed by atoms with Crippen LogP contribution in [0.4, 0.5) is 0 Å². The molecule has 0 saturated heterocycles. The van der Waals surface area contributed by atoms with Crippen LogP contribution >= 0.6 is 23.4 Å². The van der Waals surface area contributed by atoms with Gasteiger partial charge in [-0.25, -0.2) is 0 Å². The van der Waals surface area contributed by atoms with Crippen molar-refractivity contribution in [2.45, 2.75) is 31.2 Å². The van der Waals surface area contributed by atoms with Gasteiger partial charge in [-0.15, -0.1) is 22.0 Å². The maximum Gasteiger partial charge on any atom is 0.243 e. The number of amides is 1. The lowest BCUT2D eigenvalue weighted by atomic mass is 10.0. The summed E-state index contributed by atoms with van der Waals surface area (Å²) in [5.41, 5.74) is 2.14. The first kappa shape index (κ1) is 20.4. The molecule has 0 aliphatic heterocycles. The number of hydrogen-bond donors (Lipinski definition) is 1. The highest BCUT2D eigenvalue weighted by atomic mass is 35.5. The zero-order chi connectivity index (χ0) is 19.9. The molecule has 0 radical (unpaired) electrons. The quantitative estimate of drug-likeness (QED) is 0.444. The third-order valence-electron chi connectivity index (χ3n) is 4.08. The smallest absolute Gasteiger partial charge is 0.243 e. The molecule has 3 aromatic rings. The van der Waals surface area contributed by atoms with E-state index in [9.17, 15) is 4.79 Å². The van der Waals surface area contributed by atoms with Gasteiger partial charge < -0.3 is 5.32 Å². The van der Waals surface area contributed by atoms with Crippen molar-refractivity contribution in [2.24, 2.45) is 0 Å². The van der Waals surface area contributed by atoms with Crippen LogP contribution in [0, 0.1) is 0 Å². The molecule has 3 rings (SSSR count). The summed E-state index contributed by atoms with van der Waals surface area (Å²) in [7, 11) is 0. The van der Waals surface area contributed by atoms with E-state index >= 15 is 0 Å². The summed E-state index contributed by atoms with van der Waals surface area (Å²) in [6.45, 7) is 4.90. The molecule has 1 heterocycles. The average Bonchev–Trinajstić information content (AvgIpc) is 3.15. The van der Waals surface area contributed by atoms with Gasteiger partial charge in [0.05, 0.1) is 0 Å². The van der Waals surface area contributed by atoms with E-state index < -0.39 is 0 Å². The maximum absolute atomic E-state index is 12.1. The monoisotopic (exact) mass is 415 g/mol. The Morgan fingerprint density at radius 3 is 2.54 bits per heavy atom. The van der Waals surface area contributed by atoms with Crippen molar-refractivity contribution in [3.8, 4) is 11.4 Å². The van der Waals surface area contributed by atoms with Crippen LogP contribution in [0.5, 0.6) is 0 Å². The van der Waals surface area contributed by atoms with Gasteiger partial charge in [0.25, 0.3) is 0 Å². The van der Waals surface area contributed by atoms with E-state index in [1.165, 1.54) is 10.4 Å². The number of carbonyl (C=O) groups excluding carboxylic acids is 1. The number of thioether (sulfide) groups is 1. The highest BCUT2D eigenvalue weighted by Gasteiger charge is 2.09. The van der Waals surface area contributed by atoms with Crippen LogP contribution in [0.15, 0.2) is 53.4 Å². The normalized spacial score (nSPS) is 11.0. The topological polar surface area (TPSA) is 72.7 Å². The van der Waals surface area contributed by atoms with Gasteiger partial charge >= 0.3 is 0 Å². The first-order valence-corrected chi connectivity index (χ1v) is 10.4. The van der Waals surface area contributed by atoms with Gasteiger partial charge in [-0.3, -0.25) is 4.79 Å². The predicted molar refractivity (Wildman–Crippen MR) is 113 cm³/mol. The Morgan fingerprint density at radius 1 is 1.14 bits per heavy atom. The van der Waals surface area contributed by atoms with Crippen molar-refractivity contribution in [3.05, 3.63) is 59.1 Å². The third-order valence-corrected chi connectivity index (χ3v) is 5.35. The van der Waals surface area contributed by atoms with Crippen LogP contribution in [-0.2, 0) is 11.3 Å². The highest BCUT2D eigenvalue weighted by molar-refractivity contribution is 7.99. The number of nitrogens with one attached hydrogen (secondary N) is 1. The average molecular weight is 416 g/mol. The molecule has 0 aliphatic rings. The van der Waals surface area contributed by atoms with E-state index in [0.29, 0.717) is 23.3 Å². The number of aromatic nitrogens is 4. The van der Waals surface area contributed by atoms with Gasteiger partial charge in [-0.05, 0) is 41.0 Å². The number of tetrazole rings is 1. The summed E-state index contributed by atoms with van der Waals surface area (Å²) in [5, 5.41) is 15.9. The fraction of sp³-hybridized carbons (Fsp3) is 0.300. The van der Waals surface area contributed by atoms with Crippen LogP contribution in [0.2, 0.25) is 5.02 Å². The number of carbonyl (C=O) groups is 1. The summed E-state index contributed by atoms with van der Waals surface area (Å²) in [6, 6.07) is 15.7. The zero-order valence-corrected chi connectivity index (χ0v) is 17.4. The minimum Gasteiger partial charge on any atom is -0.354 e. The molecule has 0 aliphatic carbocycles. The number of hydrogen-bond acceptors (Lipinski definition) is 5. The van der Waals surface area contributed by atoms with Crippen molar-refractivity contribution >= 4 is 29.3 Å². The second-order valence-corrected chi connectivity index (χ2v) is 8.18. The van der Waals surface area contributed by atoms with Gasteiger partial charge in [0.15, 0.2) is 0 Å². The lowest BCUT2D eigenvalue weighted by Crippen LogP contribution is -2.30. The molecule has 0 bridgehead atoms. The molecule has 6 nitrogen and oxygen atoms in total. The largest absolute Gasteiger partial charge is 0.354 e. The minimum absolute atomic E-state index is 0.0443. The van der Waals surface area contributed by atoms with Gasteiger partial charge in [0.1, 0.15) is 6.54 Å². The van der Waals surface area contributed by atoms with E-state index in [1.54, 1.807) is 11.8 Å². The number of halogens is 1. The first-order chi connectivity index (χ1) is 13.5. The molecular weight excluding hydrogens is 394 g/mol. The standard InChI is InChI=1S/C20H22ClN5OS/c1-14(2)15-3-5-16(6-4-15)20-23-25-26(24-20)13-19(27)22-11-12-28-18-9-7-17(21)8-10-18/h3-10,14H,11-13H2,1-2H3,(H,22,27). The maximum atomic E-state index is 12.1. The first-order valence-electron chi connectivity index (χ1n) is 9.04. The van der Waals surface area contributed by atoms with E-state index in [0.717, 1.165) is 16.2 Å². The van der Waals surface area contributed by atoms with Crippen molar-refractivity contribution in [1.82, 2.24) is 25.5 Å². The van der Waals surface area contributed by atoms with Crippen molar-refractivity contribution in [2.75, 3.05) is 12.3 Å². The summed E-state index contributed by atoms with van der Waals surface area (Å²) in [4.78, 5) is 14.5. The minimum atomic E-state index is -0.143. The van der Waals surface area contributed by atoms with Crippen molar-refractivity contribution in [1.29, 1.82) is 0 Å². The molecule has 0 spiro atoms. The molecule has 146 valence electrons. The number of nitrogens with zero attached hydrogens (tertiary/aromatic N) is 4. The molecule has 1 aromatic heterocycles. The molecule has 8 heteroatoms. The van der Waals surface area contributed by atoms with Gasteiger partial charge in [0.2, 0.25) is 11.7 Å². The number of benzene rings is 2. The lowest BCUT2D eigenvalue weighted by molar-refractivity contribution is -0.121. The molecule has 1 N–H and O–H groups in total. The summed E-state index contributed by atoms with van der Waals surface area (Å²) in [6.07, 6.45) is 0. The molecule has 0 atom stereocenters. The van der Waals surface area contributed by atoms with Crippen molar-refractivity contribution in [3.63, 3.8) is 0 Å². The SMILES string of the molecule is CC(C)c1ccc(-c2nnn(CC(=O)NCCSc3ccc(Cl)cc3)n2)cc1. The molecule has 2 aromatic carbocycles. The predicted octanol–water partition coefficient (Wildman–Crippen LogP) is 4.03. The Bertz CT molecular complexity index is 909. The molecule has 28 heavy (non-hydrogen) atoms. The van der Waals surface area contributed by atoms with E-state index in [1.807, 2.05) is 36.4 Å². The van der Waals surface area contributed by atoms with Gasteiger partial charge in [-0.2, -0.15) is 4.80 Å². The fourth-order valence-electron chi connectivity index (χ4n) is 2.52. The van der Waals surface area contributed by atoms with Crippen molar-refractivity contribution < 1.29 is 4.79 Å². The van der Waals surface area contributed by atoms with Gasteiger partial charge in [0, 0.05) is 27.8 Å². The number of rotatable bonds is 8. The Hall–Kier alpha value is -2.38. The van der Waals surface area contributed by atoms with E-state index in [4.69, 9.17) is 11.6 Å². The summed E-state index contributed by atoms with van der Waals surface area (Å²) < 4.78 is 0. The highest BCUT2D eigenvalue weighted by Crippen LogP contribution is 2.20. The Kier molecular flexibility index (Phi) is 7.06. The molecule has 0 fully saturated rings. The van der Waals surface area contributed by atoms with E-state index in [2.05, 4.69) is 46.7 Å². The third kappa shape index (κ3) is 5.81. The Labute approximate surface area is 173 Å². The summed E-state index contributed by atoms with van der Waals surface area (Å²) in [5.74, 6) is 1.61. The second kappa shape index (κ2) is 9.71. The molecule has 0 saturated carbocycles. The second-order valence-electron chi connectivity index (χ2n) is 6.57. The fourth-order valence-corrected chi connectivity index (χ4v) is 3.41. The zero-order valence-electron chi connectivity index (χ0n) is 15.8. The van der Waals surface area contributed by atoms with Crippen LogP contribution in [0.25, 0.3) is 11.4 Å².